The van der Waals surface area contributed by atoms with Crippen LogP contribution in [0, 0.1) is 5.92 Å². The van der Waals surface area contributed by atoms with Gasteiger partial charge in [0.1, 0.15) is 5.15 Å². The first-order chi connectivity index (χ1) is 8.50. The zero-order chi connectivity index (χ0) is 13.3. The fourth-order valence-electron chi connectivity index (χ4n) is 2.68. The second-order valence-electron chi connectivity index (χ2n) is 5.38. The van der Waals surface area contributed by atoms with E-state index < -0.39 is 0 Å². The number of hydrogen-bond acceptors (Lipinski definition) is 2. The average Bonchev–Trinajstić information content (AvgIpc) is 2.75. The summed E-state index contributed by atoms with van der Waals surface area (Å²) in [5.74, 6) is 0.460. The SMILES string of the molecule is CC(C)c1c(Cl)[nH]c(=O)n(CC2CCCC2)c1=O. The number of nitrogens with one attached hydrogen (secondary N) is 1. The number of rotatable bonds is 3. The van der Waals surface area contributed by atoms with Crippen LogP contribution in [-0.4, -0.2) is 9.55 Å². The summed E-state index contributed by atoms with van der Waals surface area (Å²) < 4.78 is 1.32. The highest BCUT2D eigenvalue weighted by Gasteiger charge is 2.20. The molecule has 0 bridgehead atoms. The maximum atomic E-state index is 12.3. The minimum Gasteiger partial charge on any atom is -0.297 e. The van der Waals surface area contributed by atoms with Crippen LogP contribution in [0.2, 0.25) is 5.15 Å². The molecule has 1 aromatic rings. The van der Waals surface area contributed by atoms with Crippen molar-refractivity contribution in [3.05, 3.63) is 31.6 Å². The third-order valence-corrected chi connectivity index (χ3v) is 3.96. The molecule has 100 valence electrons. The molecule has 0 unspecified atom stereocenters. The fraction of sp³-hybridized carbons (Fsp3) is 0.692. The van der Waals surface area contributed by atoms with Gasteiger partial charge >= 0.3 is 5.69 Å². The van der Waals surface area contributed by atoms with E-state index in [2.05, 4.69) is 4.98 Å². The Bertz CT molecular complexity index is 539. The second kappa shape index (κ2) is 5.31. The minimum atomic E-state index is -0.388. The summed E-state index contributed by atoms with van der Waals surface area (Å²) in [4.78, 5) is 26.7. The topological polar surface area (TPSA) is 54.9 Å². The number of nitrogens with zero attached hydrogens (tertiary/aromatic N) is 1. The summed E-state index contributed by atoms with van der Waals surface area (Å²) in [6.07, 6.45) is 4.60. The molecule has 2 rings (SSSR count). The van der Waals surface area contributed by atoms with Gasteiger partial charge in [0.2, 0.25) is 0 Å². The Labute approximate surface area is 111 Å². The van der Waals surface area contributed by atoms with Gasteiger partial charge in [-0.2, -0.15) is 0 Å². The van der Waals surface area contributed by atoms with E-state index in [1.165, 1.54) is 17.4 Å². The maximum Gasteiger partial charge on any atom is 0.329 e. The first-order valence-corrected chi connectivity index (χ1v) is 6.91. The Morgan fingerprint density at radius 2 is 1.94 bits per heavy atom. The lowest BCUT2D eigenvalue weighted by Gasteiger charge is -2.14. The van der Waals surface area contributed by atoms with Crippen molar-refractivity contribution < 1.29 is 0 Å². The van der Waals surface area contributed by atoms with Gasteiger partial charge < -0.3 is 0 Å². The average molecular weight is 271 g/mol. The van der Waals surface area contributed by atoms with Crippen LogP contribution in [0.5, 0.6) is 0 Å². The molecule has 0 amide bonds. The zero-order valence-corrected chi connectivity index (χ0v) is 11.6. The smallest absolute Gasteiger partial charge is 0.297 e. The molecule has 1 aromatic heterocycles. The number of halogens is 1. The molecule has 1 heterocycles. The van der Waals surface area contributed by atoms with Crippen molar-refractivity contribution in [3.63, 3.8) is 0 Å². The summed E-state index contributed by atoms with van der Waals surface area (Å²) in [6, 6.07) is 0. The van der Waals surface area contributed by atoms with Gasteiger partial charge in [-0.25, -0.2) is 4.79 Å². The largest absolute Gasteiger partial charge is 0.329 e. The molecule has 0 spiro atoms. The van der Waals surface area contributed by atoms with Crippen molar-refractivity contribution in [2.24, 2.45) is 5.92 Å². The predicted octanol–water partition coefficient (Wildman–Crippen LogP) is 2.50. The van der Waals surface area contributed by atoms with E-state index in [0.717, 1.165) is 12.8 Å². The molecule has 1 N–H and O–H groups in total. The molecule has 1 aliphatic carbocycles. The Hall–Kier alpha value is -1.03. The fourth-order valence-corrected chi connectivity index (χ4v) is 3.06. The Morgan fingerprint density at radius 3 is 2.50 bits per heavy atom. The molecule has 1 fully saturated rings. The van der Waals surface area contributed by atoms with Crippen LogP contribution in [0.4, 0.5) is 0 Å². The van der Waals surface area contributed by atoms with Gasteiger partial charge in [-0.1, -0.05) is 38.3 Å². The lowest BCUT2D eigenvalue weighted by atomic mass is 10.1. The van der Waals surface area contributed by atoms with E-state index in [-0.39, 0.29) is 22.3 Å². The van der Waals surface area contributed by atoms with E-state index in [1.54, 1.807) is 0 Å². The lowest BCUT2D eigenvalue weighted by molar-refractivity contribution is 0.433. The Kier molecular flexibility index (Phi) is 3.95. The van der Waals surface area contributed by atoms with Gasteiger partial charge in [-0.05, 0) is 24.7 Å². The molecule has 0 atom stereocenters. The molecule has 0 saturated heterocycles. The van der Waals surface area contributed by atoms with Crippen molar-refractivity contribution in [1.29, 1.82) is 0 Å². The predicted molar refractivity (Wildman–Crippen MR) is 72.4 cm³/mol. The Balaban J connectivity index is 2.43. The van der Waals surface area contributed by atoms with Crippen LogP contribution in [-0.2, 0) is 6.54 Å². The summed E-state index contributed by atoms with van der Waals surface area (Å²) in [5, 5.41) is 0.183. The highest BCUT2D eigenvalue weighted by atomic mass is 35.5. The summed E-state index contributed by atoms with van der Waals surface area (Å²) in [7, 11) is 0. The maximum absolute atomic E-state index is 12.3. The monoisotopic (exact) mass is 270 g/mol. The van der Waals surface area contributed by atoms with Crippen LogP contribution in [0.3, 0.4) is 0 Å². The van der Waals surface area contributed by atoms with Crippen LogP contribution >= 0.6 is 11.6 Å². The number of H-pyrrole nitrogens is 1. The second-order valence-corrected chi connectivity index (χ2v) is 5.76. The third-order valence-electron chi connectivity index (χ3n) is 3.67. The standard InChI is InChI=1S/C13H19ClN2O2/c1-8(2)10-11(14)15-13(18)16(12(10)17)7-9-5-3-4-6-9/h8-9H,3-7H2,1-2H3,(H,15,18). The zero-order valence-electron chi connectivity index (χ0n) is 10.8. The van der Waals surface area contributed by atoms with E-state index >= 15 is 0 Å². The number of aromatic nitrogens is 2. The summed E-state index contributed by atoms with van der Waals surface area (Å²) >= 11 is 5.95. The van der Waals surface area contributed by atoms with Crippen molar-refractivity contribution in [2.45, 2.75) is 52.0 Å². The normalized spacial score (nSPS) is 16.7. The van der Waals surface area contributed by atoms with Crippen molar-refractivity contribution in [3.8, 4) is 0 Å². The molecule has 4 nitrogen and oxygen atoms in total. The first kappa shape index (κ1) is 13.4. The van der Waals surface area contributed by atoms with Crippen LogP contribution in [0.15, 0.2) is 9.59 Å². The van der Waals surface area contributed by atoms with Gasteiger partial charge in [-0.15, -0.1) is 0 Å². The molecule has 1 aliphatic rings. The Morgan fingerprint density at radius 1 is 1.33 bits per heavy atom. The lowest BCUT2D eigenvalue weighted by Crippen LogP contribution is -2.39. The highest BCUT2D eigenvalue weighted by molar-refractivity contribution is 6.30. The molecular formula is C13H19ClN2O2. The van der Waals surface area contributed by atoms with E-state index in [0.29, 0.717) is 18.0 Å². The first-order valence-electron chi connectivity index (χ1n) is 6.53. The summed E-state index contributed by atoms with van der Waals surface area (Å²) in [5.41, 5.74) is -0.110. The number of hydrogen-bond donors (Lipinski definition) is 1. The molecule has 0 radical (unpaired) electrons. The molecule has 1 saturated carbocycles. The molecule has 0 aliphatic heterocycles. The van der Waals surface area contributed by atoms with Crippen LogP contribution in [0.25, 0.3) is 0 Å². The molecule has 5 heteroatoms. The minimum absolute atomic E-state index is 0.0108. The quantitative estimate of drug-likeness (QED) is 0.858. The molecule has 18 heavy (non-hydrogen) atoms. The summed E-state index contributed by atoms with van der Waals surface area (Å²) in [6.45, 7) is 4.33. The third kappa shape index (κ3) is 2.53. The number of aromatic amines is 1. The highest BCUT2D eigenvalue weighted by Crippen LogP contribution is 2.25. The van der Waals surface area contributed by atoms with Gasteiger partial charge in [-0.3, -0.25) is 14.3 Å². The van der Waals surface area contributed by atoms with Crippen molar-refractivity contribution in [1.82, 2.24) is 9.55 Å². The van der Waals surface area contributed by atoms with Crippen molar-refractivity contribution >= 4 is 11.6 Å². The van der Waals surface area contributed by atoms with Gasteiger partial charge in [0.25, 0.3) is 5.56 Å². The van der Waals surface area contributed by atoms with Crippen LogP contribution < -0.4 is 11.2 Å². The van der Waals surface area contributed by atoms with E-state index in [4.69, 9.17) is 11.6 Å². The van der Waals surface area contributed by atoms with E-state index in [9.17, 15) is 9.59 Å². The molecule has 0 aromatic carbocycles. The van der Waals surface area contributed by atoms with E-state index in [1.807, 2.05) is 13.8 Å². The molecular weight excluding hydrogens is 252 g/mol. The van der Waals surface area contributed by atoms with Crippen LogP contribution in [0.1, 0.15) is 51.0 Å². The van der Waals surface area contributed by atoms with Gasteiger partial charge in [0.15, 0.2) is 0 Å². The van der Waals surface area contributed by atoms with Crippen molar-refractivity contribution in [2.75, 3.05) is 0 Å². The van der Waals surface area contributed by atoms with Gasteiger partial charge in [0, 0.05) is 6.54 Å². The van der Waals surface area contributed by atoms with Gasteiger partial charge in [0.05, 0.1) is 5.56 Å².